The van der Waals surface area contributed by atoms with Gasteiger partial charge in [-0.05, 0) is 66.3 Å². The minimum atomic E-state index is -0.122. The number of hydrogen-bond acceptors (Lipinski definition) is 6. The van der Waals surface area contributed by atoms with E-state index < -0.39 is 0 Å². The fourth-order valence-electron chi connectivity index (χ4n) is 4.18. The smallest absolute Gasteiger partial charge is 0.266 e. The number of halogens is 1. The second-order valence-electron chi connectivity index (χ2n) is 9.45. The standard InChI is InChI=1S/C32H34ClNO4S2/c1-4-22(3)25-12-14-26(15-13-25)37-16-9-17-38-30-27(33)18-24(19-28(30)36-5-2)20-29-31(35)34(32(39)40-29)21-23-10-7-6-8-11-23/h6-8,10-15,18-20,22H,4-5,9,16-17,21H2,1-3H3/b29-20+/t22-/m1/s1. The third-order valence-electron chi connectivity index (χ3n) is 6.55. The first kappa shape index (κ1) is 30.0. The van der Waals surface area contributed by atoms with Crippen molar-refractivity contribution in [1.29, 1.82) is 0 Å². The Morgan fingerprint density at radius 3 is 2.42 bits per heavy atom. The van der Waals surface area contributed by atoms with Gasteiger partial charge in [-0.2, -0.15) is 0 Å². The minimum Gasteiger partial charge on any atom is -0.493 e. The van der Waals surface area contributed by atoms with Gasteiger partial charge in [0.15, 0.2) is 11.5 Å². The summed E-state index contributed by atoms with van der Waals surface area (Å²) < 4.78 is 18.3. The molecule has 0 saturated carbocycles. The van der Waals surface area contributed by atoms with Crippen LogP contribution in [0.4, 0.5) is 0 Å². The molecule has 0 N–H and O–H groups in total. The van der Waals surface area contributed by atoms with Gasteiger partial charge < -0.3 is 14.2 Å². The number of nitrogens with zero attached hydrogens (tertiary/aromatic N) is 1. The molecule has 1 aliphatic heterocycles. The summed E-state index contributed by atoms with van der Waals surface area (Å²) in [5, 5.41) is 0.415. The SMILES string of the molecule is CCOc1cc(/C=C2/SC(=S)N(Cc3ccccc3)C2=O)cc(Cl)c1OCCCOc1ccc([C@H](C)CC)cc1. The fraction of sp³-hybridized carbons (Fsp3) is 0.312. The molecule has 0 unspecified atom stereocenters. The molecule has 0 aliphatic carbocycles. The summed E-state index contributed by atoms with van der Waals surface area (Å²) in [6.07, 6.45) is 3.59. The van der Waals surface area contributed by atoms with Gasteiger partial charge in [0, 0.05) is 6.42 Å². The highest BCUT2D eigenvalue weighted by atomic mass is 35.5. The first-order valence-electron chi connectivity index (χ1n) is 13.5. The van der Waals surface area contributed by atoms with Crippen LogP contribution >= 0.6 is 35.6 Å². The highest BCUT2D eigenvalue weighted by molar-refractivity contribution is 8.26. The summed E-state index contributed by atoms with van der Waals surface area (Å²) in [6.45, 7) is 8.14. The van der Waals surface area contributed by atoms with Crippen molar-refractivity contribution in [3.05, 3.63) is 93.3 Å². The van der Waals surface area contributed by atoms with Crippen molar-refractivity contribution in [2.24, 2.45) is 0 Å². The van der Waals surface area contributed by atoms with Crippen LogP contribution in [0.15, 0.2) is 71.6 Å². The average Bonchev–Trinajstić information content (AvgIpc) is 3.21. The van der Waals surface area contributed by atoms with Crippen molar-refractivity contribution in [1.82, 2.24) is 4.90 Å². The van der Waals surface area contributed by atoms with Crippen LogP contribution in [0.2, 0.25) is 5.02 Å². The molecule has 0 spiro atoms. The lowest BCUT2D eigenvalue weighted by molar-refractivity contribution is -0.122. The zero-order chi connectivity index (χ0) is 28.5. The molecule has 0 radical (unpaired) electrons. The van der Waals surface area contributed by atoms with Gasteiger partial charge in [-0.25, -0.2) is 0 Å². The number of carbonyl (C=O) groups excluding carboxylic acids is 1. The summed E-state index contributed by atoms with van der Waals surface area (Å²) in [4.78, 5) is 15.3. The summed E-state index contributed by atoms with van der Waals surface area (Å²) in [6, 6.07) is 21.7. The normalized spacial score (nSPS) is 15.0. The molecule has 5 nitrogen and oxygen atoms in total. The van der Waals surface area contributed by atoms with Crippen molar-refractivity contribution in [3.8, 4) is 17.2 Å². The van der Waals surface area contributed by atoms with Crippen molar-refractivity contribution in [2.75, 3.05) is 19.8 Å². The topological polar surface area (TPSA) is 48.0 Å². The van der Waals surface area contributed by atoms with Gasteiger partial charge in [0.05, 0.1) is 36.3 Å². The van der Waals surface area contributed by atoms with Crippen LogP contribution in [0.25, 0.3) is 6.08 Å². The van der Waals surface area contributed by atoms with Crippen LogP contribution in [-0.2, 0) is 11.3 Å². The van der Waals surface area contributed by atoms with Crippen LogP contribution in [0.3, 0.4) is 0 Å². The van der Waals surface area contributed by atoms with E-state index in [1.54, 1.807) is 17.0 Å². The number of ether oxygens (including phenoxy) is 3. The number of amides is 1. The Morgan fingerprint density at radius 1 is 1.00 bits per heavy atom. The molecule has 8 heteroatoms. The molecule has 1 amide bonds. The second-order valence-corrected chi connectivity index (χ2v) is 11.5. The van der Waals surface area contributed by atoms with E-state index >= 15 is 0 Å². The average molecular weight is 596 g/mol. The Bertz CT molecular complexity index is 1350. The second kappa shape index (κ2) is 14.6. The van der Waals surface area contributed by atoms with E-state index in [9.17, 15) is 4.79 Å². The molecule has 1 atom stereocenters. The third kappa shape index (κ3) is 7.80. The molecule has 210 valence electrons. The molecule has 40 heavy (non-hydrogen) atoms. The lowest BCUT2D eigenvalue weighted by Gasteiger charge is -2.15. The Labute approximate surface area is 251 Å². The lowest BCUT2D eigenvalue weighted by Crippen LogP contribution is -2.27. The quantitative estimate of drug-likeness (QED) is 0.112. The molecule has 4 rings (SSSR count). The number of rotatable bonds is 13. The van der Waals surface area contributed by atoms with E-state index in [4.69, 9.17) is 38.0 Å². The monoisotopic (exact) mass is 595 g/mol. The predicted octanol–water partition coefficient (Wildman–Crippen LogP) is 8.50. The maximum Gasteiger partial charge on any atom is 0.266 e. The van der Waals surface area contributed by atoms with Crippen LogP contribution in [0.1, 0.15) is 56.2 Å². The van der Waals surface area contributed by atoms with Crippen molar-refractivity contribution in [3.63, 3.8) is 0 Å². The highest BCUT2D eigenvalue weighted by Gasteiger charge is 2.32. The van der Waals surface area contributed by atoms with Gasteiger partial charge in [0.2, 0.25) is 0 Å². The molecular weight excluding hydrogens is 562 g/mol. The van der Waals surface area contributed by atoms with E-state index in [2.05, 4.69) is 26.0 Å². The van der Waals surface area contributed by atoms with Gasteiger partial charge in [-0.1, -0.05) is 91.9 Å². The summed E-state index contributed by atoms with van der Waals surface area (Å²) in [5.74, 6) is 2.28. The van der Waals surface area contributed by atoms with E-state index in [-0.39, 0.29) is 5.91 Å². The van der Waals surface area contributed by atoms with Crippen molar-refractivity contribution < 1.29 is 19.0 Å². The van der Waals surface area contributed by atoms with E-state index in [0.29, 0.717) is 64.5 Å². The molecule has 1 aliphatic rings. The Kier molecular flexibility index (Phi) is 10.9. The van der Waals surface area contributed by atoms with Crippen LogP contribution in [-0.4, -0.2) is 34.9 Å². The molecule has 3 aromatic rings. The summed E-state index contributed by atoms with van der Waals surface area (Å²) >= 11 is 13.4. The molecule has 1 fully saturated rings. The maximum atomic E-state index is 13.1. The minimum absolute atomic E-state index is 0.122. The number of carbonyl (C=O) groups is 1. The lowest BCUT2D eigenvalue weighted by atomic mass is 9.99. The van der Waals surface area contributed by atoms with E-state index in [1.807, 2.05) is 55.5 Å². The van der Waals surface area contributed by atoms with Gasteiger partial charge in [0.25, 0.3) is 5.91 Å². The molecule has 3 aromatic carbocycles. The fourth-order valence-corrected chi connectivity index (χ4v) is 5.71. The van der Waals surface area contributed by atoms with Gasteiger partial charge >= 0.3 is 0 Å². The van der Waals surface area contributed by atoms with Gasteiger partial charge in [-0.3, -0.25) is 9.69 Å². The molecule has 1 heterocycles. The van der Waals surface area contributed by atoms with Gasteiger partial charge in [0.1, 0.15) is 10.1 Å². The molecule has 0 bridgehead atoms. The maximum absolute atomic E-state index is 13.1. The first-order valence-corrected chi connectivity index (χ1v) is 15.1. The van der Waals surface area contributed by atoms with Crippen LogP contribution in [0.5, 0.6) is 17.2 Å². The number of thiocarbonyl (C=S) groups is 1. The Balaban J connectivity index is 1.37. The molecular formula is C32H34ClNO4S2. The van der Waals surface area contributed by atoms with Crippen molar-refractivity contribution >= 4 is 51.9 Å². The molecule has 0 aromatic heterocycles. The first-order chi connectivity index (χ1) is 19.4. The number of thioether (sulfide) groups is 1. The largest absolute Gasteiger partial charge is 0.493 e. The predicted molar refractivity (Wildman–Crippen MR) is 169 cm³/mol. The highest BCUT2D eigenvalue weighted by Crippen LogP contribution is 2.39. The third-order valence-corrected chi connectivity index (χ3v) is 8.21. The zero-order valence-corrected chi connectivity index (χ0v) is 25.4. The van der Waals surface area contributed by atoms with Crippen LogP contribution in [0, 0.1) is 0 Å². The molecule has 1 saturated heterocycles. The zero-order valence-electron chi connectivity index (χ0n) is 23.0. The van der Waals surface area contributed by atoms with Crippen LogP contribution < -0.4 is 14.2 Å². The summed E-state index contributed by atoms with van der Waals surface area (Å²) in [5.41, 5.74) is 3.08. The van der Waals surface area contributed by atoms with E-state index in [0.717, 1.165) is 23.3 Å². The number of hydrogen-bond donors (Lipinski definition) is 0. The number of benzene rings is 3. The Morgan fingerprint density at radius 2 is 1.73 bits per heavy atom. The van der Waals surface area contributed by atoms with Crippen molar-refractivity contribution in [2.45, 2.75) is 46.1 Å². The van der Waals surface area contributed by atoms with E-state index in [1.165, 1.54) is 17.3 Å². The van der Waals surface area contributed by atoms with Gasteiger partial charge in [-0.15, -0.1) is 0 Å². The Hall–Kier alpha value is -3.00. The summed E-state index contributed by atoms with van der Waals surface area (Å²) in [7, 11) is 0.